The molecule has 144 valence electrons. The van der Waals surface area contributed by atoms with Crippen molar-refractivity contribution in [2.24, 2.45) is 0 Å². The quantitative estimate of drug-likeness (QED) is 0.527. The van der Waals surface area contributed by atoms with Crippen LogP contribution in [-0.4, -0.2) is 16.8 Å². The van der Waals surface area contributed by atoms with Gasteiger partial charge in [-0.25, -0.2) is 18.1 Å². The van der Waals surface area contributed by atoms with Gasteiger partial charge in [-0.15, -0.1) is 0 Å². The average molecular weight is 616 g/mol. The van der Waals surface area contributed by atoms with E-state index in [-0.39, 0.29) is 44.8 Å². The van der Waals surface area contributed by atoms with Crippen LogP contribution >= 0.6 is 0 Å². The second-order valence-corrected chi connectivity index (χ2v) is 7.39. The fraction of sp³-hybridized carbons (Fsp3) is 0.316. The molecule has 27 heavy (non-hydrogen) atoms. The molecule has 1 aliphatic heterocycles. The SMILES string of the molecule is CCCN1C(=O)OC(C)c2cc(CNS(=O)c3ccccc3)cc(F)c21.[HH].[U]. The van der Waals surface area contributed by atoms with Crippen molar-refractivity contribution in [1.82, 2.24) is 4.72 Å². The molecule has 8 heteroatoms. The molecule has 0 aliphatic carbocycles. The zero-order valence-electron chi connectivity index (χ0n) is 15.2. The number of rotatable bonds is 6. The van der Waals surface area contributed by atoms with Crippen molar-refractivity contribution in [3.63, 3.8) is 0 Å². The van der Waals surface area contributed by atoms with Gasteiger partial charge in [-0.3, -0.25) is 4.90 Å². The number of hydrogen-bond donors (Lipinski definition) is 1. The third-order valence-corrected chi connectivity index (χ3v) is 5.28. The summed E-state index contributed by atoms with van der Waals surface area (Å²) in [6.45, 7) is 4.27. The molecule has 0 saturated carbocycles. The van der Waals surface area contributed by atoms with Gasteiger partial charge < -0.3 is 4.74 Å². The smallest absolute Gasteiger partial charge is 0.414 e. The number of fused-ring (bicyclic) bond motifs is 1. The van der Waals surface area contributed by atoms with Crippen LogP contribution in [0.15, 0.2) is 47.4 Å². The van der Waals surface area contributed by atoms with E-state index in [2.05, 4.69) is 4.72 Å². The topological polar surface area (TPSA) is 58.6 Å². The summed E-state index contributed by atoms with van der Waals surface area (Å²) in [5, 5.41) is 0. The van der Waals surface area contributed by atoms with Crippen LogP contribution in [0.2, 0.25) is 0 Å². The van der Waals surface area contributed by atoms with Crippen molar-refractivity contribution in [2.75, 3.05) is 11.4 Å². The van der Waals surface area contributed by atoms with E-state index in [1.165, 1.54) is 11.0 Å². The number of hydrogen-bond acceptors (Lipinski definition) is 3. The van der Waals surface area contributed by atoms with E-state index in [0.29, 0.717) is 29.0 Å². The largest absolute Gasteiger partial charge is 0.441 e. The molecule has 1 aliphatic rings. The predicted molar refractivity (Wildman–Crippen MR) is 101 cm³/mol. The van der Waals surface area contributed by atoms with E-state index in [9.17, 15) is 13.4 Å². The summed E-state index contributed by atoms with van der Waals surface area (Å²) in [5.74, 6) is -0.471. The summed E-state index contributed by atoms with van der Waals surface area (Å²) in [5.41, 5.74) is 1.55. The van der Waals surface area contributed by atoms with Gasteiger partial charge in [0.25, 0.3) is 0 Å². The number of ether oxygens (including phenoxy) is 1. The second kappa shape index (κ2) is 9.83. The summed E-state index contributed by atoms with van der Waals surface area (Å²) in [6, 6.07) is 12.2. The van der Waals surface area contributed by atoms with E-state index in [0.717, 1.165) is 0 Å². The number of anilines is 1. The third kappa shape index (κ3) is 5.00. The maximum absolute atomic E-state index is 14.7. The van der Waals surface area contributed by atoms with Gasteiger partial charge in [0.05, 0.1) is 10.6 Å². The second-order valence-electron chi connectivity index (χ2n) is 6.10. The standard InChI is InChI=1S/C19H21FN2O3S.U.H2/c1-3-9-22-18-16(13(2)25-19(22)23)10-14(11-17(18)20)12-21-26(24)15-7-5-4-6-8-15;;/h4-8,10-11,13,21H,3,9,12H2,1-2H3;;1H. The molecule has 2 unspecified atom stereocenters. The zero-order valence-corrected chi connectivity index (χ0v) is 20.2. The van der Waals surface area contributed by atoms with Crippen LogP contribution in [0.4, 0.5) is 14.9 Å². The number of nitrogens with zero attached hydrogens (tertiary/aromatic N) is 1. The molecule has 1 amide bonds. The van der Waals surface area contributed by atoms with Crippen molar-refractivity contribution in [3.05, 3.63) is 59.4 Å². The van der Waals surface area contributed by atoms with Gasteiger partial charge in [0.2, 0.25) is 0 Å². The first-order chi connectivity index (χ1) is 12.5. The molecule has 3 rings (SSSR count). The Balaban J connectivity index is 0.00000196. The fourth-order valence-corrected chi connectivity index (χ4v) is 3.82. The molecule has 2 atom stereocenters. The maximum atomic E-state index is 14.7. The molecular formula is C19H23FN2O3SU. The third-order valence-electron chi connectivity index (χ3n) is 4.17. The summed E-state index contributed by atoms with van der Waals surface area (Å²) in [7, 11) is -1.38. The van der Waals surface area contributed by atoms with Crippen LogP contribution in [0.3, 0.4) is 0 Å². The fourth-order valence-electron chi connectivity index (χ4n) is 2.95. The molecule has 0 saturated heterocycles. The van der Waals surface area contributed by atoms with Crippen molar-refractivity contribution in [3.8, 4) is 0 Å². The first kappa shape index (κ1) is 22.1. The Morgan fingerprint density at radius 3 is 2.67 bits per heavy atom. The first-order valence-electron chi connectivity index (χ1n) is 8.52. The van der Waals surface area contributed by atoms with E-state index in [1.807, 2.05) is 25.1 Å². The first-order valence-corrected chi connectivity index (χ1v) is 9.67. The van der Waals surface area contributed by atoms with Crippen LogP contribution in [0.5, 0.6) is 0 Å². The van der Waals surface area contributed by atoms with Crippen molar-refractivity contribution < 1.29 is 50.7 Å². The Hall–Kier alpha value is -1.20. The normalized spacial score (nSPS) is 16.9. The number of carbonyl (C=O) groups excluding carboxylic acids is 1. The van der Waals surface area contributed by atoms with Gasteiger partial charge in [0.1, 0.15) is 22.9 Å². The molecule has 5 nitrogen and oxygen atoms in total. The number of cyclic esters (lactones) is 1. The Bertz CT molecular complexity index is 841. The van der Waals surface area contributed by atoms with E-state index in [4.69, 9.17) is 4.74 Å². The van der Waals surface area contributed by atoms with Gasteiger partial charge >= 0.3 is 6.09 Å². The number of benzene rings is 2. The van der Waals surface area contributed by atoms with Crippen molar-refractivity contribution in [2.45, 2.75) is 37.8 Å². The van der Waals surface area contributed by atoms with Gasteiger partial charge in [0, 0.05) is 51.2 Å². The monoisotopic (exact) mass is 616 g/mol. The van der Waals surface area contributed by atoms with Crippen LogP contribution in [0.1, 0.15) is 38.9 Å². The molecule has 0 fully saturated rings. The van der Waals surface area contributed by atoms with Crippen LogP contribution in [-0.2, 0) is 22.3 Å². The molecule has 1 heterocycles. The Kier molecular flexibility index (Phi) is 8.05. The van der Waals surface area contributed by atoms with Crippen molar-refractivity contribution in [1.29, 1.82) is 0 Å². The molecule has 0 radical (unpaired) electrons. The molecule has 2 aromatic carbocycles. The van der Waals surface area contributed by atoms with Crippen LogP contribution in [0.25, 0.3) is 0 Å². The van der Waals surface area contributed by atoms with Crippen molar-refractivity contribution >= 4 is 22.8 Å². The minimum absolute atomic E-state index is 0. The van der Waals surface area contributed by atoms with Crippen LogP contribution < -0.4 is 9.62 Å². The molecule has 1 N–H and O–H groups in total. The summed E-state index contributed by atoms with van der Waals surface area (Å²) in [4.78, 5) is 14.0. The molecule has 2 aromatic rings. The summed E-state index contributed by atoms with van der Waals surface area (Å²) >= 11 is 0. The number of amides is 1. The minimum atomic E-state index is -1.38. The predicted octanol–water partition coefficient (Wildman–Crippen LogP) is 4.31. The van der Waals surface area contributed by atoms with Gasteiger partial charge in [-0.1, -0.05) is 25.1 Å². The summed E-state index contributed by atoms with van der Waals surface area (Å²) < 4.78 is 35.2. The molecule has 0 spiro atoms. The Labute approximate surface area is 186 Å². The van der Waals surface area contributed by atoms with E-state index >= 15 is 0 Å². The molecule has 0 aromatic heterocycles. The minimum Gasteiger partial charge on any atom is -0.441 e. The van der Waals surface area contributed by atoms with E-state index < -0.39 is 29.0 Å². The number of carbonyl (C=O) groups is 1. The van der Waals surface area contributed by atoms with Crippen LogP contribution in [0, 0.1) is 36.9 Å². The summed E-state index contributed by atoms with van der Waals surface area (Å²) in [6.07, 6.45) is -0.358. The number of halogens is 1. The van der Waals surface area contributed by atoms with E-state index in [1.54, 1.807) is 25.1 Å². The molecular weight excluding hydrogens is 593 g/mol. The van der Waals surface area contributed by atoms with Gasteiger partial charge in [-0.2, -0.15) is 0 Å². The molecule has 0 bridgehead atoms. The Morgan fingerprint density at radius 1 is 1.30 bits per heavy atom. The zero-order chi connectivity index (χ0) is 18.7. The average Bonchev–Trinajstić information content (AvgIpc) is 2.64. The number of nitrogens with one attached hydrogen (secondary N) is 1. The maximum Gasteiger partial charge on any atom is 0.414 e. The van der Waals surface area contributed by atoms with Gasteiger partial charge in [-0.05, 0) is 43.2 Å². The van der Waals surface area contributed by atoms with Gasteiger partial charge in [0.15, 0.2) is 0 Å². The Morgan fingerprint density at radius 2 is 2.00 bits per heavy atom.